The first kappa shape index (κ1) is 11.2. The summed E-state index contributed by atoms with van der Waals surface area (Å²) in [6.45, 7) is 0. The van der Waals surface area contributed by atoms with E-state index in [1.54, 1.807) is 0 Å². The summed E-state index contributed by atoms with van der Waals surface area (Å²) in [5, 5.41) is 0. The third kappa shape index (κ3) is 4.49. The molecule has 0 radical (unpaired) electrons. The minimum absolute atomic E-state index is 0. The van der Waals surface area contributed by atoms with Gasteiger partial charge < -0.3 is 0 Å². The molecule has 0 saturated carbocycles. The molecule has 0 heterocycles. The van der Waals surface area contributed by atoms with E-state index < -0.39 is 0 Å². The van der Waals surface area contributed by atoms with Gasteiger partial charge in [0, 0.05) is 0 Å². The van der Waals surface area contributed by atoms with Crippen molar-refractivity contribution in [2.75, 3.05) is 0 Å². The van der Waals surface area contributed by atoms with E-state index in [9.17, 15) is 0 Å². The third-order valence-electron chi connectivity index (χ3n) is 0.607. The molecule has 0 aromatic heterocycles. The van der Waals surface area contributed by atoms with E-state index in [0.717, 1.165) is 0 Å². The SMILES string of the molecule is [Cu+].[Li+].[c-]1ccccc1. The van der Waals surface area contributed by atoms with Crippen molar-refractivity contribution in [2.45, 2.75) is 0 Å². The van der Waals surface area contributed by atoms with E-state index in [1.807, 2.05) is 30.3 Å². The maximum Gasteiger partial charge on any atom is 1.00 e. The summed E-state index contributed by atoms with van der Waals surface area (Å²) in [7, 11) is 0. The standard InChI is InChI=1S/C6H5.Cu.Li/c1-2-4-6-5-3-1;;/h1-5H;;/q-1;2*+1. The second-order valence-corrected chi connectivity index (χ2v) is 1.08. The van der Waals surface area contributed by atoms with E-state index in [4.69, 9.17) is 0 Å². The van der Waals surface area contributed by atoms with Crippen molar-refractivity contribution >= 4 is 0 Å². The Hall–Kier alpha value is 0.337. The smallest absolute Gasteiger partial charge is 0.184 e. The van der Waals surface area contributed by atoms with Gasteiger partial charge in [0.25, 0.3) is 0 Å². The van der Waals surface area contributed by atoms with Gasteiger partial charge in [-0.1, -0.05) is 0 Å². The van der Waals surface area contributed by atoms with Crippen LogP contribution in [0.25, 0.3) is 0 Å². The molecule has 0 amide bonds. The topological polar surface area (TPSA) is 0 Å². The summed E-state index contributed by atoms with van der Waals surface area (Å²) >= 11 is 0. The van der Waals surface area contributed by atoms with Crippen LogP contribution in [0.4, 0.5) is 0 Å². The molecule has 0 N–H and O–H groups in total. The van der Waals surface area contributed by atoms with Crippen LogP contribution in [0.2, 0.25) is 0 Å². The third-order valence-corrected chi connectivity index (χ3v) is 0.607. The monoisotopic (exact) mass is 147 g/mol. The predicted molar refractivity (Wildman–Crippen MR) is 25.3 cm³/mol. The molecule has 0 spiro atoms. The Balaban J connectivity index is 0. The quantitative estimate of drug-likeness (QED) is 0.309. The zero-order chi connectivity index (χ0) is 4.24. The summed E-state index contributed by atoms with van der Waals surface area (Å²) in [5.41, 5.74) is 0. The first-order chi connectivity index (χ1) is 3.00. The maximum atomic E-state index is 2.89. The van der Waals surface area contributed by atoms with Crippen LogP contribution in [0.5, 0.6) is 0 Å². The molecule has 0 bridgehead atoms. The van der Waals surface area contributed by atoms with Crippen LogP contribution < -0.4 is 18.9 Å². The summed E-state index contributed by atoms with van der Waals surface area (Å²) in [6.07, 6.45) is 0. The normalized spacial score (nSPS) is 6.00. The summed E-state index contributed by atoms with van der Waals surface area (Å²) < 4.78 is 0. The molecule has 0 atom stereocenters. The molecule has 0 aliphatic heterocycles. The molecule has 1 rings (SSSR count). The van der Waals surface area contributed by atoms with E-state index >= 15 is 0 Å². The maximum absolute atomic E-state index is 2.89. The first-order valence-electron chi connectivity index (χ1n) is 1.91. The zero-order valence-corrected chi connectivity index (χ0v) is 5.63. The molecule has 0 aliphatic rings. The van der Waals surface area contributed by atoms with Gasteiger partial charge in [-0.2, -0.15) is 36.4 Å². The van der Waals surface area contributed by atoms with Crippen molar-refractivity contribution in [1.29, 1.82) is 0 Å². The van der Waals surface area contributed by atoms with Crippen LogP contribution in [-0.2, 0) is 17.1 Å². The Bertz CT molecular complexity index is 80.5. The van der Waals surface area contributed by atoms with Crippen LogP contribution in [0.15, 0.2) is 30.3 Å². The molecule has 0 saturated heterocycles. The Kier molecular flexibility index (Phi) is 10.2. The van der Waals surface area contributed by atoms with E-state index in [-0.39, 0.29) is 35.9 Å². The predicted octanol–water partition coefficient (Wildman–Crippen LogP) is -1.51. The van der Waals surface area contributed by atoms with Crippen molar-refractivity contribution in [3.63, 3.8) is 0 Å². The zero-order valence-electron chi connectivity index (χ0n) is 4.69. The summed E-state index contributed by atoms with van der Waals surface area (Å²) in [5.74, 6) is 0. The van der Waals surface area contributed by atoms with Gasteiger partial charge in [-0.15, -0.1) is 0 Å². The summed E-state index contributed by atoms with van der Waals surface area (Å²) in [6, 6.07) is 12.5. The van der Waals surface area contributed by atoms with Gasteiger partial charge in [0.15, 0.2) is 0 Å². The number of hydrogen-bond donors (Lipinski definition) is 0. The van der Waals surface area contributed by atoms with Gasteiger partial charge in [0.2, 0.25) is 0 Å². The second kappa shape index (κ2) is 7.34. The fraction of sp³-hybridized carbons (Fsp3) is 0. The molecule has 2 heteroatoms. The van der Waals surface area contributed by atoms with E-state index in [1.165, 1.54) is 0 Å². The van der Waals surface area contributed by atoms with Gasteiger partial charge in [-0.25, -0.2) is 0 Å². The van der Waals surface area contributed by atoms with Crippen LogP contribution in [-0.4, -0.2) is 0 Å². The van der Waals surface area contributed by atoms with Crippen LogP contribution in [0, 0.1) is 6.07 Å². The van der Waals surface area contributed by atoms with Crippen molar-refractivity contribution in [3.05, 3.63) is 36.4 Å². The molecule has 1 aromatic carbocycles. The fourth-order valence-electron chi connectivity index (χ4n) is 0.342. The number of hydrogen-bond acceptors (Lipinski definition) is 0. The fourth-order valence-corrected chi connectivity index (χ4v) is 0.342. The van der Waals surface area contributed by atoms with Gasteiger partial charge in [-0.05, 0) is 0 Å². The second-order valence-electron chi connectivity index (χ2n) is 1.08. The Labute approximate surface area is 72.3 Å². The number of rotatable bonds is 0. The molecule has 0 aliphatic carbocycles. The van der Waals surface area contributed by atoms with Gasteiger partial charge >= 0.3 is 35.9 Å². The van der Waals surface area contributed by atoms with Gasteiger partial charge in [0.05, 0.1) is 0 Å². The Morgan fingerprint density at radius 1 is 0.875 bits per heavy atom. The molecule has 0 fully saturated rings. The molecular formula is C6H5CuLi+. The average molecular weight is 148 g/mol. The molecule has 40 valence electrons. The molecule has 0 nitrogen and oxygen atoms in total. The van der Waals surface area contributed by atoms with Crippen LogP contribution in [0.1, 0.15) is 0 Å². The first-order valence-corrected chi connectivity index (χ1v) is 1.91. The van der Waals surface area contributed by atoms with Crippen molar-refractivity contribution in [1.82, 2.24) is 0 Å². The van der Waals surface area contributed by atoms with Gasteiger partial charge in [-0.3, -0.25) is 0 Å². The molecule has 1 aromatic rings. The van der Waals surface area contributed by atoms with Gasteiger partial charge in [0.1, 0.15) is 0 Å². The van der Waals surface area contributed by atoms with Crippen molar-refractivity contribution in [3.8, 4) is 0 Å². The summed E-state index contributed by atoms with van der Waals surface area (Å²) in [4.78, 5) is 0. The van der Waals surface area contributed by atoms with Crippen molar-refractivity contribution in [2.24, 2.45) is 0 Å². The molecular weight excluding hydrogens is 143 g/mol. The minimum Gasteiger partial charge on any atom is -0.184 e. The number of benzene rings is 1. The van der Waals surface area contributed by atoms with Crippen LogP contribution in [0.3, 0.4) is 0 Å². The molecule has 0 unspecified atom stereocenters. The largest absolute Gasteiger partial charge is 1.00 e. The average Bonchev–Trinajstić information content (AvgIpc) is 1.72. The Morgan fingerprint density at radius 2 is 1.38 bits per heavy atom. The Morgan fingerprint density at radius 3 is 1.50 bits per heavy atom. The van der Waals surface area contributed by atoms with Crippen LogP contribution >= 0.6 is 0 Å². The van der Waals surface area contributed by atoms with E-state index in [0.29, 0.717) is 0 Å². The van der Waals surface area contributed by atoms with Crippen molar-refractivity contribution < 1.29 is 35.9 Å². The molecule has 8 heavy (non-hydrogen) atoms. The van der Waals surface area contributed by atoms with E-state index in [2.05, 4.69) is 6.07 Å². The minimum atomic E-state index is 0.